The third kappa shape index (κ3) is 4.03. The summed E-state index contributed by atoms with van der Waals surface area (Å²) in [6.07, 6.45) is -0.0643. The van der Waals surface area contributed by atoms with E-state index in [0.29, 0.717) is 5.56 Å². The van der Waals surface area contributed by atoms with E-state index in [9.17, 15) is 14.7 Å². The number of carbonyl (C=O) groups is 2. The molecule has 0 heterocycles. The summed E-state index contributed by atoms with van der Waals surface area (Å²) < 4.78 is 10.1. The molecule has 116 valence electrons. The van der Waals surface area contributed by atoms with Gasteiger partial charge in [0.1, 0.15) is 0 Å². The molecule has 1 aromatic carbocycles. The van der Waals surface area contributed by atoms with Crippen LogP contribution in [0.5, 0.6) is 0 Å². The van der Waals surface area contributed by atoms with Crippen LogP contribution in [0.4, 0.5) is 0 Å². The van der Waals surface area contributed by atoms with Crippen molar-refractivity contribution >= 4 is 11.9 Å². The van der Waals surface area contributed by atoms with Crippen LogP contribution in [0.15, 0.2) is 30.3 Å². The molecule has 2 N–H and O–H groups in total. The van der Waals surface area contributed by atoms with Crippen molar-refractivity contribution in [2.75, 3.05) is 26.4 Å². The van der Waals surface area contributed by atoms with E-state index >= 15 is 0 Å². The van der Waals surface area contributed by atoms with Crippen LogP contribution >= 0.6 is 0 Å². The number of aliphatic carboxylic acids is 1. The molecular formula is C15H20O6. The molecule has 6 heteroatoms. The third-order valence-corrected chi connectivity index (χ3v) is 3.11. The zero-order valence-corrected chi connectivity index (χ0v) is 11.9. The lowest BCUT2D eigenvalue weighted by atomic mass is 9.77. The van der Waals surface area contributed by atoms with Crippen molar-refractivity contribution in [1.82, 2.24) is 0 Å². The third-order valence-electron chi connectivity index (χ3n) is 3.11. The molecule has 0 bridgehead atoms. The van der Waals surface area contributed by atoms with Crippen molar-refractivity contribution in [2.45, 2.75) is 18.8 Å². The molecule has 1 rings (SSSR count). The molecule has 1 aromatic rings. The van der Waals surface area contributed by atoms with Crippen LogP contribution in [-0.4, -0.2) is 48.6 Å². The quantitative estimate of drug-likeness (QED) is 0.401. The van der Waals surface area contributed by atoms with Crippen molar-refractivity contribution in [3.8, 4) is 0 Å². The van der Waals surface area contributed by atoms with E-state index in [4.69, 9.17) is 14.6 Å². The second kappa shape index (κ2) is 8.39. The first kappa shape index (κ1) is 17.1. The van der Waals surface area contributed by atoms with Gasteiger partial charge < -0.3 is 19.7 Å². The maximum Gasteiger partial charge on any atom is 0.328 e. The van der Waals surface area contributed by atoms with Crippen molar-refractivity contribution in [2.24, 2.45) is 0 Å². The molecule has 1 unspecified atom stereocenters. The number of benzene rings is 1. The highest BCUT2D eigenvalue weighted by Gasteiger charge is 2.49. The highest BCUT2D eigenvalue weighted by molar-refractivity contribution is 6.05. The lowest BCUT2D eigenvalue weighted by Gasteiger charge is -2.27. The van der Waals surface area contributed by atoms with Crippen LogP contribution in [0.2, 0.25) is 0 Å². The number of ether oxygens (including phenoxy) is 2. The normalized spacial score (nSPS) is 13.4. The van der Waals surface area contributed by atoms with Gasteiger partial charge in [0.05, 0.1) is 19.8 Å². The number of hydrogen-bond donors (Lipinski definition) is 2. The number of carbonyl (C=O) groups excluding carboxylic acids is 1. The lowest BCUT2D eigenvalue weighted by Crippen LogP contribution is -2.46. The Kier molecular flexibility index (Phi) is 6.84. The molecule has 0 saturated carbocycles. The van der Waals surface area contributed by atoms with Crippen molar-refractivity contribution in [3.63, 3.8) is 0 Å². The summed E-state index contributed by atoms with van der Waals surface area (Å²) in [6, 6.07) is 8.24. The zero-order chi connectivity index (χ0) is 15.7. The van der Waals surface area contributed by atoms with Crippen molar-refractivity contribution in [3.05, 3.63) is 35.9 Å². The van der Waals surface area contributed by atoms with Gasteiger partial charge in [-0.25, -0.2) is 0 Å². The summed E-state index contributed by atoms with van der Waals surface area (Å²) in [7, 11) is 0. The van der Waals surface area contributed by atoms with E-state index in [1.807, 2.05) is 0 Å². The van der Waals surface area contributed by atoms with Gasteiger partial charge in [-0.15, -0.1) is 0 Å². The van der Waals surface area contributed by atoms with Gasteiger partial charge in [-0.3, -0.25) is 9.59 Å². The van der Waals surface area contributed by atoms with Crippen LogP contribution in [0.1, 0.15) is 18.9 Å². The Morgan fingerprint density at radius 2 is 1.86 bits per heavy atom. The zero-order valence-electron chi connectivity index (χ0n) is 11.9. The molecule has 0 aliphatic rings. The molecule has 6 nitrogen and oxygen atoms in total. The van der Waals surface area contributed by atoms with E-state index in [1.165, 1.54) is 0 Å². The molecule has 0 aliphatic carbocycles. The smallest absolute Gasteiger partial charge is 0.328 e. The predicted molar refractivity (Wildman–Crippen MR) is 74.9 cm³/mol. The molecule has 0 aromatic heterocycles. The van der Waals surface area contributed by atoms with E-state index in [1.54, 1.807) is 37.3 Å². The summed E-state index contributed by atoms with van der Waals surface area (Å²) in [5.74, 6) is -2.09. The lowest BCUT2D eigenvalue weighted by molar-refractivity contribution is -0.162. The molecule has 0 spiro atoms. The van der Waals surface area contributed by atoms with Gasteiger partial charge in [0.25, 0.3) is 0 Å². The monoisotopic (exact) mass is 296 g/mol. The molecule has 0 saturated heterocycles. The molecule has 21 heavy (non-hydrogen) atoms. The molecule has 0 aliphatic heterocycles. The number of carboxylic acids is 1. The fourth-order valence-corrected chi connectivity index (χ4v) is 2.05. The van der Waals surface area contributed by atoms with Crippen LogP contribution in [0, 0.1) is 0 Å². The number of rotatable bonds is 9. The SMILES string of the molecule is CCOC(=O)C(CCOCCO)(C(=O)O)c1ccccc1. The predicted octanol–water partition coefficient (Wildman–Crippen LogP) is 0.971. The summed E-state index contributed by atoms with van der Waals surface area (Å²) in [5.41, 5.74) is -1.45. The van der Waals surface area contributed by atoms with Gasteiger partial charge in [-0.1, -0.05) is 30.3 Å². The highest BCUT2D eigenvalue weighted by atomic mass is 16.5. The van der Waals surface area contributed by atoms with Gasteiger partial charge in [0.2, 0.25) is 0 Å². The average molecular weight is 296 g/mol. The number of carboxylic acid groups (broad SMARTS) is 1. The fourth-order valence-electron chi connectivity index (χ4n) is 2.05. The van der Waals surface area contributed by atoms with E-state index in [-0.39, 0.29) is 32.8 Å². The summed E-state index contributed by atoms with van der Waals surface area (Å²) in [5, 5.41) is 18.3. The summed E-state index contributed by atoms with van der Waals surface area (Å²) >= 11 is 0. The Bertz CT molecular complexity index is 458. The van der Waals surface area contributed by atoms with Crippen LogP contribution < -0.4 is 0 Å². The summed E-state index contributed by atoms with van der Waals surface area (Å²) in [4.78, 5) is 24.1. The maximum absolute atomic E-state index is 12.3. The Morgan fingerprint density at radius 3 is 2.38 bits per heavy atom. The van der Waals surface area contributed by atoms with Gasteiger partial charge >= 0.3 is 11.9 Å². The molecule has 0 fully saturated rings. The van der Waals surface area contributed by atoms with E-state index < -0.39 is 17.4 Å². The van der Waals surface area contributed by atoms with Gasteiger partial charge in [0, 0.05) is 13.0 Å². The van der Waals surface area contributed by atoms with Gasteiger partial charge in [-0.2, -0.15) is 0 Å². The minimum Gasteiger partial charge on any atom is -0.480 e. The van der Waals surface area contributed by atoms with Crippen LogP contribution in [0.25, 0.3) is 0 Å². The number of esters is 1. The topological polar surface area (TPSA) is 93.1 Å². The highest BCUT2D eigenvalue weighted by Crippen LogP contribution is 2.30. The van der Waals surface area contributed by atoms with Crippen molar-refractivity contribution < 1.29 is 29.3 Å². The second-order valence-corrected chi connectivity index (χ2v) is 4.38. The minimum atomic E-state index is -1.80. The summed E-state index contributed by atoms with van der Waals surface area (Å²) in [6.45, 7) is 1.68. The first-order valence-corrected chi connectivity index (χ1v) is 6.74. The minimum absolute atomic E-state index is 0.0283. The largest absolute Gasteiger partial charge is 0.480 e. The van der Waals surface area contributed by atoms with Gasteiger partial charge in [-0.05, 0) is 12.5 Å². The molecule has 1 atom stereocenters. The first-order valence-electron chi connectivity index (χ1n) is 6.74. The Hall–Kier alpha value is -1.92. The average Bonchev–Trinajstić information content (AvgIpc) is 2.48. The number of aliphatic hydroxyl groups excluding tert-OH is 1. The standard InChI is InChI=1S/C15H20O6/c1-2-21-14(19)15(13(17)18,8-10-20-11-9-16)12-6-4-3-5-7-12/h3-7,16H,2,8-11H2,1H3,(H,17,18). The van der Waals surface area contributed by atoms with E-state index in [0.717, 1.165) is 0 Å². The van der Waals surface area contributed by atoms with Gasteiger partial charge in [0.15, 0.2) is 5.41 Å². The number of aliphatic hydroxyl groups is 1. The second-order valence-electron chi connectivity index (χ2n) is 4.38. The Balaban J connectivity index is 3.11. The number of hydrogen-bond acceptors (Lipinski definition) is 5. The Morgan fingerprint density at radius 1 is 1.19 bits per heavy atom. The molecule has 0 amide bonds. The van der Waals surface area contributed by atoms with Crippen LogP contribution in [0.3, 0.4) is 0 Å². The van der Waals surface area contributed by atoms with E-state index in [2.05, 4.69) is 0 Å². The molecular weight excluding hydrogens is 276 g/mol. The Labute approximate surface area is 123 Å². The first-order chi connectivity index (χ1) is 10.1. The molecule has 0 radical (unpaired) electrons. The van der Waals surface area contributed by atoms with Crippen molar-refractivity contribution in [1.29, 1.82) is 0 Å². The maximum atomic E-state index is 12.3. The fraction of sp³-hybridized carbons (Fsp3) is 0.467. The van der Waals surface area contributed by atoms with Crippen LogP contribution in [-0.2, 0) is 24.5 Å².